The van der Waals surface area contributed by atoms with Crippen molar-refractivity contribution in [2.75, 3.05) is 19.6 Å². The molecule has 10 heteroatoms. The number of nitrogens with zero attached hydrogens (tertiary/aromatic N) is 6. The van der Waals surface area contributed by atoms with Crippen LogP contribution in [0.5, 0.6) is 0 Å². The smallest absolute Gasteiger partial charge is 0.270 e. The molecule has 1 aliphatic rings. The average molecular weight is 409 g/mol. The van der Waals surface area contributed by atoms with Gasteiger partial charge in [0.05, 0.1) is 10.6 Å². The second-order valence-corrected chi connectivity index (χ2v) is 7.54. The second-order valence-electron chi connectivity index (χ2n) is 7.54. The Balaban J connectivity index is 1.60. The summed E-state index contributed by atoms with van der Waals surface area (Å²) in [5.74, 6) is -0.0306. The molecule has 1 N–H and O–H groups in total. The van der Waals surface area contributed by atoms with Crippen molar-refractivity contribution in [2.45, 2.75) is 32.2 Å². The summed E-state index contributed by atoms with van der Waals surface area (Å²) in [4.78, 5) is 34.5. The predicted octanol–water partition coefficient (Wildman–Crippen LogP) is 2.30. The SMILES string of the molecule is C[C@@H](CN1CCCCC1)NC(=O)c1cc(-c2cccc([N+](=O)[O-])c2)nc2ncnn12. The van der Waals surface area contributed by atoms with Crippen LogP contribution >= 0.6 is 0 Å². The molecule has 1 amide bonds. The maximum atomic E-state index is 13.0. The highest BCUT2D eigenvalue weighted by Crippen LogP contribution is 2.23. The van der Waals surface area contributed by atoms with Gasteiger partial charge < -0.3 is 10.2 Å². The molecule has 10 nitrogen and oxygen atoms in total. The lowest BCUT2D eigenvalue weighted by Gasteiger charge is -2.29. The number of nitro groups is 1. The molecule has 1 aromatic carbocycles. The van der Waals surface area contributed by atoms with Gasteiger partial charge in [0.25, 0.3) is 17.4 Å². The summed E-state index contributed by atoms with van der Waals surface area (Å²) in [6.07, 6.45) is 4.97. The van der Waals surface area contributed by atoms with Crippen LogP contribution in [0.15, 0.2) is 36.7 Å². The van der Waals surface area contributed by atoms with Gasteiger partial charge in [-0.15, -0.1) is 0 Å². The van der Waals surface area contributed by atoms with Crippen molar-refractivity contribution in [1.82, 2.24) is 29.8 Å². The highest BCUT2D eigenvalue weighted by molar-refractivity contribution is 5.94. The molecule has 1 atom stereocenters. The Kier molecular flexibility index (Phi) is 5.66. The van der Waals surface area contributed by atoms with Gasteiger partial charge in [-0.05, 0) is 38.9 Å². The number of amides is 1. The molecule has 1 aliphatic heterocycles. The third-order valence-electron chi connectivity index (χ3n) is 5.20. The van der Waals surface area contributed by atoms with Gasteiger partial charge >= 0.3 is 0 Å². The van der Waals surface area contributed by atoms with Crippen LogP contribution in [0.25, 0.3) is 17.0 Å². The first-order valence-electron chi connectivity index (χ1n) is 10.00. The van der Waals surface area contributed by atoms with Crippen LogP contribution in [-0.4, -0.2) is 61.0 Å². The van der Waals surface area contributed by atoms with Gasteiger partial charge in [0.2, 0.25) is 0 Å². The molecule has 0 radical (unpaired) electrons. The van der Waals surface area contributed by atoms with Crippen molar-refractivity contribution >= 4 is 17.4 Å². The summed E-state index contributed by atoms with van der Waals surface area (Å²) in [7, 11) is 0. The van der Waals surface area contributed by atoms with Crippen LogP contribution in [0.2, 0.25) is 0 Å². The van der Waals surface area contributed by atoms with Crippen molar-refractivity contribution in [3.63, 3.8) is 0 Å². The van der Waals surface area contributed by atoms with Crippen molar-refractivity contribution in [1.29, 1.82) is 0 Å². The standard InChI is InChI=1S/C20H23N7O3/c1-14(12-25-8-3-2-4-9-25)23-19(28)18-11-17(24-20-21-13-22-26(18)20)15-6-5-7-16(10-15)27(29)30/h5-7,10-11,13-14H,2-4,8-9,12H2,1H3,(H,23,28)/t14-/m0/s1. The molecule has 0 unspecified atom stereocenters. The Morgan fingerprint density at radius 2 is 2.07 bits per heavy atom. The molecule has 0 saturated carbocycles. The number of hydrogen-bond donors (Lipinski definition) is 1. The molecule has 0 spiro atoms. The van der Waals surface area contributed by atoms with Crippen molar-refractivity contribution in [3.8, 4) is 11.3 Å². The van der Waals surface area contributed by atoms with Gasteiger partial charge in [-0.1, -0.05) is 18.6 Å². The number of aromatic nitrogens is 4. The lowest BCUT2D eigenvalue weighted by molar-refractivity contribution is -0.384. The van der Waals surface area contributed by atoms with E-state index in [4.69, 9.17) is 0 Å². The molecule has 1 fully saturated rings. The van der Waals surface area contributed by atoms with Gasteiger partial charge in [0.1, 0.15) is 12.0 Å². The maximum Gasteiger partial charge on any atom is 0.270 e. The number of hydrogen-bond acceptors (Lipinski definition) is 7. The van der Waals surface area contributed by atoms with E-state index in [0.717, 1.165) is 19.6 Å². The largest absolute Gasteiger partial charge is 0.347 e. The van der Waals surface area contributed by atoms with Crippen LogP contribution < -0.4 is 5.32 Å². The van der Waals surface area contributed by atoms with E-state index in [1.165, 1.54) is 42.2 Å². The molecule has 1 saturated heterocycles. The van der Waals surface area contributed by atoms with E-state index < -0.39 is 4.92 Å². The first kappa shape index (κ1) is 19.9. The minimum absolute atomic E-state index is 0.0383. The molecule has 3 aromatic rings. The molecule has 30 heavy (non-hydrogen) atoms. The highest BCUT2D eigenvalue weighted by atomic mass is 16.6. The number of nitrogens with one attached hydrogen (secondary N) is 1. The van der Waals surface area contributed by atoms with Gasteiger partial charge in [-0.2, -0.15) is 14.6 Å². The van der Waals surface area contributed by atoms with Crippen LogP contribution in [0, 0.1) is 10.1 Å². The van der Waals surface area contributed by atoms with Crippen LogP contribution in [0.1, 0.15) is 36.7 Å². The lowest BCUT2D eigenvalue weighted by atomic mass is 10.1. The van der Waals surface area contributed by atoms with Gasteiger partial charge in [-0.3, -0.25) is 14.9 Å². The second kappa shape index (κ2) is 8.54. The van der Waals surface area contributed by atoms with Crippen LogP contribution in [0.3, 0.4) is 0 Å². The van der Waals surface area contributed by atoms with Crippen molar-refractivity contribution < 1.29 is 9.72 Å². The third kappa shape index (κ3) is 4.28. The molecular weight excluding hydrogens is 386 g/mol. The quantitative estimate of drug-likeness (QED) is 0.490. The number of rotatable bonds is 6. The molecule has 0 bridgehead atoms. The summed E-state index contributed by atoms with van der Waals surface area (Å²) >= 11 is 0. The van der Waals surface area contributed by atoms with Gasteiger partial charge in [-0.25, -0.2) is 4.98 Å². The van der Waals surface area contributed by atoms with Gasteiger partial charge in [0.15, 0.2) is 0 Å². The minimum Gasteiger partial charge on any atom is -0.347 e. The van der Waals surface area contributed by atoms with E-state index in [1.807, 2.05) is 6.92 Å². The Labute approximate surface area is 173 Å². The fraction of sp³-hybridized carbons (Fsp3) is 0.400. The van der Waals surface area contributed by atoms with Crippen molar-refractivity contribution in [3.05, 3.63) is 52.5 Å². The van der Waals surface area contributed by atoms with E-state index in [-0.39, 0.29) is 29.1 Å². The Bertz CT molecular complexity index is 1080. The molecule has 0 aliphatic carbocycles. The Morgan fingerprint density at radius 3 is 2.83 bits per heavy atom. The predicted molar refractivity (Wildman–Crippen MR) is 110 cm³/mol. The summed E-state index contributed by atoms with van der Waals surface area (Å²) in [5, 5.41) is 18.2. The zero-order chi connectivity index (χ0) is 21.1. The third-order valence-corrected chi connectivity index (χ3v) is 5.20. The number of benzene rings is 1. The molecule has 4 rings (SSSR count). The minimum atomic E-state index is -0.463. The Morgan fingerprint density at radius 1 is 1.27 bits per heavy atom. The summed E-state index contributed by atoms with van der Waals surface area (Å²) in [6, 6.07) is 7.68. The number of piperidine rings is 1. The zero-order valence-electron chi connectivity index (χ0n) is 16.7. The Hall–Kier alpha value is -3.40. The summed E-state index contributed by atoms with van der Waals surface area (Å²) in [5.41, 5.74) is 1.19. The van der Waals surface area contributed by atoms with E-state index in [0.29, 0.717) is 11.3 Å². The summed E-state index contributed by atoms with van der Waals surface area (Å²) < 4.78 is 1.38. The van der Waals surface area contributed by atoms with E-state index >= 15 is 0 Å². The molecule has 2 aromatic heterocycles. The van der Waals surface area contributed by atoms with Crippen LogP contribution in [-0.2, 0) is 0 Å². The first-order chi connectivity index (χ1) is 14.5. The molecule has 156 valence electrons. The topological polar surface area (TPSA) is 119 Å². The monoisotopic (exact) mass is 409 g/mol. The fourth-order valence-electron chi connectivity index (χ4n) is 3.77. The average Bonchev–Trinajstić information content (AvgIpc) is 3.22. The number of fused-ring (bicyclic) bond motifs is 1. The van der Waals surface area contributed by atoms with Crippen LogP contribution in [0.4, 0.5) is 5.69 Å². The van der Waals surface area contributed by atoms with E-state index in [9.17, 15) is 14.9 Å². The maximum absolute atomic E-state index is 13.0. The lowest BCUT2D eigenvalue weighted by Crippen LogP contribution is -2.44. The first-order valence-corrected chi connectivity index (χ1v) is 10.00. The number of nitro benzene ring substituents is 1. The number of non-ortho nitro benzene ring substituents is 1. The fourth-order valence-corrected chi connectivity index (χ4v) is 3.77. The van der Waals surface area contributed by atoms with E-state index in [1.54, 1.807) is 18.2 Å². The number of carbonyl (C=O) groups is 1. The van der Waals surface area contributed by atoms with Crippen molar-refractivity contribution in [2.24, 2.45) is 0 Å². The highest BCUT2D eigenvalue weighted by Gasteiger charge is 2.20. The summed E-state index contributed by atoms with van der Waals surface area (Å²) in [6.45, 7) is 4.88. The molecular formula is C20H23N7O3. The number of likely N-dealkylation sites (tertiary alicyclic amines) is 1. The van der Waals surface area contributed by atoms with E-state index in [2.05, 4.69) is 25.3 Å². The zero-order valence-corrected chi connectivity index (χ0v) is 16.7. The number of carbonyl (C=O) groups excluding carboxylic acids is 1. The van der Waals surface area contributed by atoms with Gasteiger partial charge in [0, 0.05) is 30.3 Å². The molecule has 3 heterocycles. The normalized spacial score (nSPS) is 15.8.